The Morgan fingerprint density at radius 2 is 1.62 bits per heavy atom. The summed E-state index contributed by atoms with van der Waals surface area (Å²) in [4.78, 5) is 4.49. The highest BCUT2D eigenvalue weighted by Crippen LogP contribution is 2.33. The number of benzene rings is 2. The number of nitrogens with two attached hydrogens (primary N) is 1. The minimum absolute atomic E-state index is 0.319. The summed E-state index contributed by atoms with van der Waals surface area (Å²) in [6, 6.07) is 11.1. The first-order valence-electron chi connectivity index (χ1n) is 6.65. The van der Waals surface area contributed by atoms with E-state index in [9.17, 15) is 8.78 Å². The zero-order valence-corrected chi connectivity index (χ0v) is 11.5. The molecule has 0 aliphatic rings. The fourth-order valence-corrected chi connectivity index (χ4v) is 2.68. The van der Waals surface area contributed by atoms with Gasteiger partial charge in [0.1, 0.15) is 11.6 Å². The van der Waals surface area contributed by atoms with Crippen LogP contribution in [0.25, 0.3) is 21.9 Å². The van der Waals surface area contributed by atoms with Crippen molar-refractivity contribution in [3.05, 3.63) is 65.5 Å². The van der Waals surface area contributed by atoms with Crippen LogP contribution in [-0.2, 0) is 6.54 Å². The van der Waals surface area contributed by atoms with Gasteiger partial charge >= 0.3 is 0 Å². The van der Waals surface area contributed by atoms with Gasteiger partial charge in [-0.2, -0.15) is 0 Å². The lowest BCUT2D eigenvalue weighted by molar-refractivity contribution is 0.584. The third-order valence-corrected chi connectivity index (χ3v) is 3.52. The smallest absolute Gasteiger partial charge is 0.126 e. The monoisotopic (exact) mass is 284 g/mol. The van der Waals surface area contributed by atoms with E-state index in [4.69, 9.17) is 5.73 Å². The number of halogens is 2. The summed E-state index contributed by atoms with van der Waals surface area (Å²) in [6.45, 7) is 2.14. The molecule has 0 amide bonds. The van der Waals surface area contributed by atoms with Crippen LogP contribution in [0.5, 0.6) is 0 Å². The van der Waals surface area contributed by atoms with E-state index in [1.807, 2.05) is 31.2 Å². The third kappa shape index (κ3) is 2.38. The standard InChI is InChI=1S/C17H14F2N2/c1-10-17(11-6-12(18)8-13(19)7-11)15-5-3-2-4-14(15)16(9-20)21-10/h2-8H,9,20H2,1H3. The number of hydrogen-bond donors (Lipinski definition) is 1. The summed E-state index contributed by atoms with van der Waals surface area (Å²) >= 11 is 0. The van der Waals surface area contributed by atoms with Crippen molar-refractivity contribution in [2.45, 2.75) is 13.5 Å². The lowest BCUT2D eigenvalue weighted by Gasteiger charge is -2.13. The zero-order chi connectivity index (χ0) is 15.0. The van der Waals surface area contributed by atoms with E-state index in [0.29, 0.717) is 17.8 Å². The van der Waals surface area contributed by atoms with Crippen LogP contribution in [0.4, 0.5) is 8.78 Å². The van der Waals surface area contributed by atoms with Gasteiger partial charge in [-0.05, 0) is 30.0 Å². The second kappa shape index (κ2) is 5.22. The van der Waals surface area contributed by atoms with Crippen molar-refractivity contribution in [2.75, 3.05) is 0 Å². The maximum atomic E-state index is 13.5. The molecule has 2 N–H and O–H groups in total. The Morgan fingerprint density at radius 1 is 1.00 bits per heavy atom. The quantitative estimate of drug-likeness (QED) is 0.774. The Hall–Kier alpha value is -2.33. The molecule has 0 fully saturated rings. The predicted molar refractivity (Wildman–Crippen MR) is 79.7 cm³/mol. The average Bonchev–Trinajstić information content (AvgIpc) is 2.45. The van der Waals surface area contributed by atoms with Crippen molar-refractivity contribution >= 4 is 10.8 Å². The van der Waals surface area contributed by atoms with Crippen LogP contribution in [0.1, 0.15) is 11.4 Å². The second-order valence-corrected chi connectivity index (χ2v) is 4.93. The van der Waals surface area contributed by atoms with E-state index in [1.54, 1.807) is 0 Å². The molecule has 0 radical (unpaired) electrons. The van der Waals surface area contributed by atoms with Gasteiger partial charge in [0, 0.05) is 29.3 Å². The highest BCUT2D eigenvalue weighted by molar-refractivity contribution is 5.98. The summed E-state index contributed by atoms with van der Waals surface area (Å²) in [6.07, 6.45) is 0. The van der Waals surface area contributed by atoms with Gasteiger partial charge in [-0.1, -0.05) is 24.3 Å². The van der Waals surface area contributed by atoms with Crippen LogP contribution < -0.4 is 5.73 Å². The molecular weight excluding hydrogens is 270 g/mol. The van der Waals surface area contributed by atoms with Crippen molar-refractivity contribution in [2.24, 2.45) is 5.73 Å². The first kappa shape index (κ1) is 13.6. The molecular formula is C17H14F2N2. The van der Waals surface area contributed by atoms with Crippen molar-refractivity contribution in [3.63, 3.8) is 0 Å². The molecule has 4 heteroatoms. The molecule has 3 aromatic rings. The molecule has 0 unspecified atom stereocenters. The molecule has 2 aromatic carbocycles. The minimum atomic E-state index is -0.601. The zero-order valence-electron chi connectivity index (χ0n) is 11.5. The van der Waals surface area contributed by atoms with Crippen molar-refractivity contribution in [1.82, 2.24) is 4.98 Å². The van der Waals surface area contributed by atoms with Gasteiger partial charge in [0.25, 0.3) is 0 Å². The van der Waals surface area contributed by atoms with E-state index in [1.165, 1.54) is 12.1 Å². The SMILES string of the molecule is Cc1nc(CN)c2ccccc2c1-c1cc(F)cc(F)c1. The summed E-state index contributed by atoms with van der Waals surface area (Å²) in [5.41, 5.74) is 8.45. The van der Waals surface area contributed by atoms with Crippen molar-refractivity contribution < 1.29 is 8.78 Å². The number of fused-ring (bicyclic) bond motifs is 1. The van der Waals surface area contributed by atoms with Crippen molar-refractivity contribution in [3.8, 4) is 11.1 Å². The average molecular weight is 284 g/mol. The Kier molecular flexibility index (Phi) is 3.39. The molecule has 106 valence electrons. The van der Waals surface area contributed by atoms with Crippen LogP contribution in [0.3, 0.4) is 0 Å². The van der Waals surface area contributed by atoms with Crippen LogP contribution >= 0.6 is 0 Å². The highest BCUT2D eigenvalue weighted by Gasteiger charge is 2.13. The predicted octanol–water partition coefficient (Wildman–Crippen LogP) is 3.95. The largest absolute Gasteiger partial charge is 0.325 e. The molecule has 0 aliphatic carbocycles. The van der Waals surface area contributed by atoms with Crippen LogP contribution in [0, 0.1) is 18.6 Å². The van der Waals surface area contributed by atoms with E-state index >= 15 is 0 Å². The summed E-state index contributed by atoms with van der Waals surface area (Å²) in [7, 11) is 0. The van der Waals surface area contributed by atoms with Gasteiger partial charge in [-0.25, -0.2) is 8.78 Å². The molecule has 1 aromatic heterocycles. The molecule has 0 spiro atoms. The Balaban J connectivity index is 2.39. The van der Waals surface area contributed by atoms with Crippen molar-refractivity contribution in [1.29, 1.82) is 0 Å². The third-order valence-electron chi connectivity index (χ3n) is 3.52. The molecule has 1 heterocycles. The molecule has 0 atom stereocenters. The molecule has 21 heavy (non-hydrogen) atoms. The molecule has 0 saturated heterocycles. The number of aryl methyl sites for hydroxylation is 1. The molecule has 0 bridgehead atoms. The number of pyridine rings is 1. The van der Waals surface area contributed by atoms with Gasteiger partial charge in [-0.15, -0.1) is 0 Å². The summed E-state index contributed by atoms with van der Waals surface area (Å²) < 4.78 is 27.0. The molecule has 3 rings (SSSR count). The Labute approximate surface area is 121 Å². The van der Waals surface area contributed by atoms with E-state index in [2.05, 4.69) is 4.98 Å². The Bertz CT molecular complexity index is 808. The molecule has 0 saturated carbocycles. The van der Waals surface area contributed by atoms with Gasteiger partial charge in [-0.3, -0.25) is 4.98 Å². The van der Waals surface area contributed by atoms with Crippen LogP contribution in [-0.4, -0.2) is 4.98 Å². The normalized spacial score (nSPS) is 11.0. The Morgan fingerprint density at radius 3 is 2.24 bits per heavy atom. The second-order valence-electron chi connectivity index (χ2n) is 4.93. The van der Waals surface area contributed by atoms with Gasteiger partial charge < -0.3 is 5.73 Å². The number of aromatic nitrogens is 1. The fraction of sp³-hybridized carbons (Fsp3) is 0.118. The van der Waals surface area contributed by atoms with Crippen LogP contribution in [0.2, 0.25) is 0 Å². The summed E-state index contributed by atoms with van der Waals surface area (Å²) in [5, 5.41) is 1.81. The fourth-order valence-electron chi connectivity index (χ4n) is 2.68. The van der Waals surface area contributed by atoms with E-state index < -0.39 is 11.6 Å². The first-order valence-corrected chi connectivity index (χ1v) is 6.65. The maximum Gasteiger partial charge on any atom is 0.126 e. The lowest BCUT2D eigenvalue weighted by atomic mass is 9.96. The summed E-state index contributed by atoms with van der Waals surface area (Å²) in [5.74, 6) is -1.20. The molecule has 0 aliphatic heterocycles. The highest BCUT2D eigenvalue weighted by atomic mass is 19.1. The number of hydrogen-bond acceptors (Lipinski definition) is 2. The topological polar surface area (TPSA) is 38.9 Å². The minimum Gasteiger partial charge on any atom is -0.325 e. The maximum absolute atomic E-state index is 13.5. The number of rotatable bonds is 2. The first-order chi connectivity index (χ1) is 10.1. The lowest BCUT2D eigenvalue weighted by Crippen LogP contribution is -2.04. The van der Waals surface area contributed by atoms with Gasteiger partial charge in [0.2, 0.25) is 0 Å². The van der Waals surface area contributed by atoms with Crippen LogP contribution in [0.15, 0.2) is 42.5 Å². The van der Waals surface area contributed by atoms with E-state index in [0.717, 1.165) is 28.1 Å². The van der Waals surface area contributed by atoms with E-state index in [-0.39, 0.29) is 0 Å². The van der Waals surface area contributed by atoms with Gasteiger partial charge in [0.15, 0.2) is 0 Å². The van der Waals surface area contributed by atoms with Gasteiger partial charge in [0.05, 0.1) is 5.69 Å². The molecule has 2 nitrogen and oxygen atoms in total. The number of nitrogens with zero attached hydrogens (tertiary/aromatic N) is 1.